The summed E-state index contributed by atoms with van der Waals surface area (Å²) in [5.74, 6) is -2.10. The second kappa shape index (κ2) is 22.7. The topological polar surface area (TPSA) is 187 Å². The molecule has 6 heterocycles. The molecule has 8 aromatic rings. The maximum atomic E-state index is 13.8. The molecule has 0 fully saturated rings. The van der Waals surface area contributed by atoms with E-state index in [1.54, 1.807) is 12.3 Å². The number of aromatic nitrogens is 5. The van der Waals surface area contributed by atoms with E-state index < -0.39 is 5.91 Å². The Morgan fingerprint density at radius 2 is 0.747 bits per heavy atom. The van der Waals surface area contributed by atoms with Gasteiger partial charge in [0.05, 0.1) is 22.8 Å². The van der Waals surface area contributed by atoms with E-state index in [0.29, 0.717) is 125 Å². The number of benzene rings is 4. The summed E-state index contributed by atoms with van der Waals surface area (Å²) in [6.07, 6.45) is 12.8. The number of alkyl halides is 3. The van der Waals surface area contributed by atoms with E-state index in [4.69, 9.17) is 44.8 Å². The van der Waals surface area contributed by atoms with Crippen molar-refractivity contribution in [2.45, 2.75) is 19.3 Å². The van der Waals surface area contributed by atoms with E-state index >= 15 is 0 Å². The average molecular weight is 1050 g/mol. The molecular formula is C59H46Cl3N9O4. The van der Waals surface area contributed by atoms with Gasteiger partial charge in [0.15, 0.2) is 0 Å². The monoisotopic (exact) mass is 1050 g/mol. The molecule has 0 aliphatic carbocycles. The number of nitrogens with one attached hydrogen (secondary N) is 6. The van der Waals surface area contributed by atoms with Crippen LogP contribution in [-0.2, 0) is 25.6 Å². The quantitative estimate of drug-likeness (QED) is 0.0551. The van der Waals surface area contributed by atoms with Crippen LogP contribution in [0.1, 0.15) is 41.2 Å². The van der Waals surface area contributed by atoms with Gasteiger partial charge >= 0.3 is 0 Å². The summed E-state index contributed by atoms with van der Waals surface area (Å²) < 4.78 is 0. The molecule has 2 aliphatic heterocycles. The number of amides is 4. The van der Waals surface area contributed by atoms with E-state index in [1.165, 1.54) is 0 Å². The Hall–Kier alpha value is -8.62. The lowest BCUT2D eigenvalue weighted by Crippen LogP contribution is -2.13. The lowest BCUT2D eigenvalue weighted by atomic mass is 10.0. The summed E-state index contributed by atoms with van der Waals surface area (Å²) in [6.45, 7) is 0. The van der Waals surface area contributed by atoms with Crippen LogP contribution in [0.4, 0.5) is 22.7 Å². The van der Waals surface area contributed by atoms with Gasteiger partial charge in [-0.3, -0.25) is 24.2 Å². The summed E-state index contributed by atoms with van der Waals surface area (Å²) in [7, 11) is 0. The van der Waals surface area contributed by atoms with Gasteiger partial charge in [-0.25, -0.2) is 9.97 Å². The van der Waals surface area contributed by atoms with Crippen LogP contribution in [-0.4, -0.2) is 66.2 Å². The van der Waals surface area contributed by atoms with Crippen molar-refractivity contribution in [2.24, 2.45) is 0 Å². The van der Waals surface area contributed by atoms with Crippen LogP contribution in [0.25, 0.3) is 90.9 Å². The Balaban J connectivity index is 1.30. The fourth-order valence-electron chi connectivity index (χ4n) is 9.34. The number of aromatic amines is 2. The van der Waals surface area contributed by atoms with Gasteiger partial charge in [0.25, 0.3) is 0 Å². The second-order valence-corrected chi connectivity index (χ2v) is 18.3. The number of H-pyrrole nitrogens is 2. The number of nitrogens with zero attached hydrogens (tertiary/aromatic N) is 3. The molecule has 4 aromatic carbocycles. The number of halogens is 3. The third kappa shape index (κ3) is 10.9. The zero-order valence-corrected chi connectivity index (χ0v) is 42.3. The standard InChI is InChI=1S/C59H46Cl3N9O4/c60-31-53(73)69-41-18-6-2-14-37(41)57-46-24-22-44(64-46)56(36-13-1-5-17-40(36)68-52(72)21-9-11-35-12-10-30-63-34-35)45-23-25-47(65-45)58(38-15-3-7-19-42(38)70-54(74)32-61)49-27-29-51(67-49)59(50-28-26-48(57)66-50)39-16-4-8-20-43(39)71-55(75)33-62/h1-8,10,12-20,22-30,34,64,67H,9,11,21,31-33H2,(H,68,72)(H,69,73)(H,70,74)(H,71,75). The van der Waals surface area contributed by atoms with Crippen LogP contribution in [0.5, 0.6) is 0 Å². The van der Waals surface area contributed by atoms with Crippen molar-refractivity contribution in [3.63, 3.8) is 0 Å². The molecule has 16 heteroatoms. The van der Waals surface area contributed by atoms with Crippen molar-refractivity contribution in [1.82, 2.24) is 24.9 Å². The number of rotatable bonds is 15. The number of aryl methyl sites for hydroxylation is 1. The van der Waals surface area contributed by atoms with Crippen molar-refractivity contribution < 1.29 is 19.2 Å². The van der Waals surface area contributed by atoms with Gasteiger partial charge in [0, 0.05) is 108 Å². The van der Waals surface area contributed by atoms with E-state index in [2.05, 4.69) is 36.2 Å². The van der Waals surface area contributed by atoms with Gasteiger partial charge in [-0.15, -0.1) is 34.8 Å². The molecule has 2 aliphatic rings. The third-order valence-corrected chi connectivity index (χ3v) is 13.3. The van der Waals surface area contributed by atoms with Gasteiger partial charge in [0.2, 0.25) is 23.6 Å². The third-order valence-electron chi connectivity index (χ3n) is 12.6. The number of carbonyl (C=O) groups is 4. The minimum absolute atomic E-state index is 0.151. The van der Waals surface area contributed by atoms with Crippen molar-refractivity contribution >= 4 is 128 Å². The van der Waals surface area contributed by atoms with E-state index in [-0.39, 0.29) is 41.8 Å². The van der Waals surface area contributed by atoms with E-state index in [1.807, 2.05) is 158 Å². The van der Waals surface area contributed by atoms with Gasteiger partial charge in [0.1, 0.15) is 17.6 Å². The molecule has 8 bridgehead atoms. The lowest BCUT2D eigenvalue weighted by molar-refractivity contribution is -0.116. The summed E-state index contributed by atoms with van der Waals surface area (Å²) in [6, 6.07) is 41.6. The average Bonchev–Trinajstić information content (AvgIpc) is 4.30. The maximum Gasteiger partial charge on any atom is 0.239 e. The predicted octanol–water partition coefficient (Wildman–Crippen LogP) is 13.2. The van der Waals surface area contributed by atoms with Crippen LogP contribution < -0.4 is 21.3 Å². The number of pyridine rings is 1. The predicted molar refractivity (Wildman–Crippen MR) is 304 cm³/mol. The van der Waals surface area contributed by atoms with Gasteiger partial charge in [-0.2, -0.15) is 0 Å². The SMILES string of the molecule is O=C(CCl)Nc1ccccc1-c1c2nc(c(-c3ccccc3NC(=O)CCl)c3ccc([nH]3)c(-c3ccccc3NC(=O)CCCc3cccnc3)c3nc(c(-c4ccccc4NC(=O)CCl)c4ccc1[nH]4)C=C3)C=C2. The molecular weight excluding hydrogens is 1010 g/mol. The Morgan fingerprint density at radius 1 is 0.413 bits per heavy atom. The fourth-order valence-corrected chi connectivity index (χ4v) is 9.54. The molecule has 6 N–H and O–H groups in total. The molecule has 0 spiro atoms. The Kier molecular flexibility index (Phi) is 15.1. The molecule has 372 valence electrons. The molecule has 10 rings (SSSR count). The Bertz CT molecular complexity index is 3720. The highest BCUT2D eigenvalue weighted by atomic mass is 35.5. The fraction of sp³-hybridized carbons (Fsp3) is 0.102. The molecule has 0 atom stereocenters. The second-order valence-electron chi connectivity index (χ2n) is 17.5. The lowest BCUT2D eigenvalue weighted by Gasteiger charge is -2.14. The Labute approximate surface area is 446 Å². The van der Waals surface area contributed by atoms with Crippen molar-refractivity contribution in [1.29, 1.82) is 0 Å². The first-order chi connectivity index (χ1) is 36.7. The molecule has 13 nitrogen and oxygen atoms in total. The highest BCUT2D eigenvalue weighted by Gasteiger charge is 2.23. The highest BCUT2D eigenvalue weighted by Crippen LogP contribution is 2.43. The minimum atomic E-state index is -0.391. The molecule has 0 unspecified atom stereocenters. The number of hydrogen-bond acceptors (Lipinski definition) is 7. The van der Waals surface area contributed by atoms with E-state index in [0.717, 1.165) is 5.56 Å². The van der Waals surface area contributed by atoms with Crippen molar-refractivity contribution in [3.8, 4) is 44.5 Å². The number of fused-ring (bicyclic) bond motifs is 8. The van der Waals surface area contributed by atoms with Crippen LogP contribution in [0.15, 0.2) is 146 Å². The smallest absolute Gasteiger partial charge is 0.239 e. The number of anilines is 4. The zero-order chi connectivity index (χ0) is 51.8. The van der Waals surface area contributed by atoms with Crippen molar-refractivity contribution in [3.05, 3.63) is 174 Å². The molecule has 75 heavy (non-hydrogen) atoms. The summed E-state index contributed by atoms with van der Waals surface area (Å²) >= 11 is 18.2. The normalized spacial score (nSPS) is 11.6. The molecule has 0 radical (unpaired) electrons. The largest absolute Gasteiger partial charge is 0.354 e. The van der Waals surface area contributed by atoms with Crippen LogP contribution in [0, 0.1) is 0 Å². The summed E-state index contributed by atoms with van der Waals surface area (Å²) in [4.78, 5) is 75.2. The van der Waals surface area contributed by atoms with Gasteiger partial charge < -0.3 is 31.2 Å². The Morgan fingerprint density at radius 3 is 1.07 bits per heavy atom. The molecule has 4 aromatic heterocycles. The molecule has 4 amide bonds. The van der Waals surface area contributed by atoms with Crippen LogP contribution >= 0.6 is 34.8 Å². The molecule has 0 saturated carbocycles. The minimum Gasteiger partial charge on any atom is -0.354 e. The van der Waals surface area contributed by atoms with Gasteiger partial charge in [-0.05, 0) is 97.3 Å². The van der Waals surface area contributed by atoms with Crippen molar-refractivity contribution in [2.75, 3.05) is 38.9 Å². The summed E-state index contributed by atoms with van der Waals surface area (Å²) in [5, 5.41) is 12.1. The first-order valence-electron chi connectivity index (χ1n) is 24.0. The highest BCUT2D eigenvalue weighted by molar-refractivity contribution is 6.30. The first kappa shape index (κ1) is 49.9. The number of para-hydroxylation sites is 4. The zero-order valence-electron chi connectivity index (χ0n) is 40.0. The summed E-state index contributed by atoms with van der Waals surface area (Å²) in [5.41, 5.74) is 13.2. The molecule has 0 saturated heterocycles. The van der Waals surface area contributed by atoms with E-state index in [9.17, 15) is 19.2 Å². The van der Waals surface area contributed by atoms with Gasteiger partial charge in [-0.1, -0.05) is 78.9 Å². The first-order valence-corrected chi connectivity index (χ1v) is 25.6. The maximum absolute atomic E-state index is 13.8. The van der Waals surface area contributed by atoms with Crippen LogP contribution in [0.3, 0.4) is 0 Å². The van der Waals surface area contributed by atoms with Crippen LogP contribution in [0.2, 0.25) is 0 Å². The number of carbonyl (C=O) groups excluding carboxylic acids is 4. The number of hydrogen-bond donors (Lipinski definition) is 6.